The number of rotatable bonds is 8. The number of H-pyrrole nitrogens is 1. The highest BCUT2D eigenvalue weighted by Crippen LogP contribution is 2.33. The van der Waals surface area contributed by atoms with Crippen LogP contribution in [0.2, 0.25) is 0 Å². The van der Waals surface area contributed by atoms with Gasteiger partial charge in [-0.25, -0.2) is 4.79 Å². The Morgan fingerprint density at radius 3 is 2.43 bits per heavy atom. The summed E-state index contributed by atoms with van der Waals surface area (Å²) in [5.74, 6) is 1.11. The Morgan fingerprint density at radius 2 is 1.57 bits per heavy atom. The minimum Gasteiger partial charge on any atom is -0.493 e. The quantitative estimate of drug-likeness (QED) is 0.141. The Kier molecular flexibility index (Phi) is 6.48. The normalized spacial score (nSPS) is 11.3. The minimum atomic E-state index is -1.34. The van der Waals surface area contributed by atoms with Crippen LogP contribution in [0.4, 0.5) is 4.79 Å². The predicted octanol–water partition coefficient (Wildman–Crippen LogP) is 7.56. The van der Waals surface area contributed by atoms with E-state index >= 15 is 0 Å². The van der Waals surface area contributed by atoms with E-state index in [4.69, 9.17) is 9.47 Å². The van der Waals surface area contributed by atoms with Crippen LogP contribution in [-0.2, 0) is 6.42 Å². The van der Waals surface area contributed by atoms with Gasteiger partial charge in [0.2, 0.25) is 5.88 Å². The molecule has 5 aromatic rings. The second-order valence-electron chi connectivity index (χ2n) is 8.24. The van der Waals surface area contributed by atoms with Gasteiger partial charge in [0, 0.05) is 16.3 Å². The van der Waals surface area contributed by atoms with E-state index in [9.17, 15) is 9.90 Å². The molecular formula is C30H25NO4. The maximum absolute atomic E-state index is 11.4. The summed E-state index contributed by atoms with van der Waals surface area (Å²) in [5.41, 5.74) is 3.73. The molecule has 5 rings (SSSR count). The van der Waals surface area contributed by atoms with Crippen molar-refractivity contribution in [2.24, 2.45) is 0 Å². The molecule has 2 N–H and O–H groups in total. The third-order valence-electron chi connectivity index (χ3n) is 5.96. The molecule has 0 atom stereocenters. The monoisotopic (exact) mass is 463 g/mol. The molecule has 0 unspecified atom stereocenters. The number of carbonyl (C=O) groups is 1. The summed E-state index contributed by atoms with van der Waals surface area (Å²) >= 11 is 0. The van der Waals surface area contributed by atoms with Gasteiger partial charge in [-0.2, -0.15) is 0 Å². The molecule has 0 saturated carbocycles. The molecule has 0 radical (unpaired) electrons. The van der Waals surface area contributed by atoms with Crippen LogP contribution in [0, 0.1) is 0 Å². The highest BCUT2D eigenvalue weighted by atomic mass is 16.7. The Balaban J connectivity index is 1.37. The van der Waals surface area contributed by atoms with Crippen molar-refractivity contribution in [2.45, 2.75) is 12.8 Å². The minimum absolute atomic E-state index is 0.262. The van der Waals surface area contributed by atoms with E-state index in [1.807, 2.05) is 91.0 Å². The van der Waals surface area contributed by atoms with Gasteiger partial charge in [0.15, 0.2) is 0 Å². The van der Waals surface area contributed by atoms with Gasteiger partial charge in [-0.3, -0.25) is 0 Å². The maximum Gasteiger partial charge on any atom is 0.512 e. The van der Waals surface area contributed by atoms with E-state index in [0.717, 1.165) is 44.1 Å². The molecule has 0 spiro atoms. The molecule has 1 heterocycles. The Labute approximate surface area is 203 Å². The second-order valence-corrected chi connectivity index (χ2v) is 8.24. The number of aryl methyl sites for hydroxylation is 1. The van der Waals surface area contributed by atoms with Gasteiger partial charge in [-0.15, -0.1) is 0 Å². The standard InChI is InChI=1S/C30H25NO4/c32-30(33)35-29-26(16-8-20-34-27-17-7-12-22-11-4-5-14-24(22)27)25-15-6-13-23(28(25)31-29)19-18-21-9-2-1-3-10-21/h1-7,9-15,17-19,31H,8,16,20H2,(H,32,33)/b19-18+. The first-order valence-corrected chi connectivity index (χ1v) is 11.6. The number of ether oxygens (including phenoxy) is 2. The molecule has 0 aliphatic carbocycles. The number of hydrogen-bond donors (Lipinski definition) is 2. The number of carboxylic acid groups (broad SMARTS) is 1. The number of nitrogens with one attached hydrogen (secondary N) is 1. The average Bonchev–Trinajstić information content (AvgIpc) is 3.23. The fourth-order valence-electron chi connectivity index (χ4n) is 4.34. The van der Waals surface area contributed by atoms with Gasteiger partial charge in [-0.05, 0) is 35.4 Å². The lowest BCUT2D eigenvalue weighted by Gasteiger charge is -2.09. The van der Waals surface area contributed by atoms with Gasteiger partial charge < -0.3 is 19.6 Å². The third-order valence-corrected chi connectivity index (χ3v) is 5.96. The summed E-state index contributed by atoms with van der Waals surface area (Å²) in [5, 5.41) is 12.4. The number of hydrogen-bond acceptors (Lipinski definition) is 3. The lowest BCUT2D eigenvalue weighted by Crippen LogP contribution is -2.06. The van der Waals surface area contributed by atoms with Crippen LogP contribution >= 0.6 is 0 Å². The molecule has 35 heavy (non-hydrogen) atoms. The van der Waals surface area contributed by atoms with E-state index in [0.29, 0.717) is 19.4 Å². The maximum atomic E-state index is 11.4. The van der Waals surface area contributed by atoms with Crippen molar-refractivity contribution >= 4 is 40.0 Å². The number of aromatic amines is 1. The van der Waals surface area contributed by atoms with Crippen molar-refractivity contribution in [3.8, 4) is 11.6 Å². The van der Waals surface area contributed by atoms with Crippen LogP contribution in [0.5, 0.6) is 11.6 Å². The molecule has 1 aromatic heterocycles. The Hall–Kier alpha value is -4.51. The van der Waals surface area contributed by atoms with Crippen molar-refractivity contribution in [3.63, 3.8) is 0 Å². The first-order chi connectivity index (χ1) is 17.2. The molecule has 5 heteroatoms. The summed E-state index contributed by atoms with van der Waals surface area (Å²) in [7, 11) is 0. The van der Waals surface area contributed by atoms with Gasteiger partial charge in [-0.1, -0.05) is 97.1 Å². The molecule has 0 bridgehead atoms. The smallest absolute Gasteiger partial charge is 0.493 e. The molecule has 0 fully saturated rings. The van der Waals surface area contributed by atoms with Gasteiger partial charge in [0.05, 0.1) is 12.1 Å². The van der Waals surface area contributed by atoms with Crippen molar-refractivity contribution in [2.75, 3.05) is 6.61 Å². The van der Waals surface area contributed by atoms with Crippen molar-refractivity contribution < 1.29 is 19.4 Å². The van der Waals surface area contributed by atoms with Crippen molar-refractivity contribution in [1.29, 1.82) is 0 Å². The summed E-state index contributed by atoms with van der Waals surface area (Å²) in [6, 6.07) is 30.1. The fraction of sp³-hybridized carbons (Fsp3) is 0.100. The first kappa shape index (κ1) is 22.3. The zero-order valence-electron chi connectivity index (χ0n) is 19.1. The number of aromatic nitrogens is 1. The van der Waals surface area contributed by atoms with Crippen LogP contribution < -0.4 is 9.47 Å². The number of fused-ring (bicyclic) bond motifs is 2. The zero-order valence-corrected chi connectivity index (χ0v) is 19.1. The van der Waals surface area contributed by atoms with E-state index in [2.05, 4.69) is 17.1 Å². The molecular weight excluding hydrogens is 438 g/mol. The van der Waals surface area contributed by atoms with Crippen LogP contribution in [0.3, 0.4) is 0 Å². The Bertz CT molecular complexity index is 1500. The summed E-state index contributed by atoms with van der Waals surface area (Å²) in [6.45, 7) is 0.501. The molecule has 0 saturated heterocycles. The SMILES string of the molecule is O=C(O)Oc1[nH]c2c(/C=C/c3ccccc3)cccc2c1CCCOc1cccc2ccccc12. The molecule has 0 aliphatic heterocycles. The Morgan fingerprint density at radius 1 is 0.829 bits per heavy atom. The molecule has 5 nitrogen and oxygen atoms in total. The zero-order chi connectivity index (χ0) is 24.0. The molecule has 4 aromatic carbocycles. The topological polar surface area (TPSA) is 71.5 Å². The van der Waals surface area contributed by atoms with E-state index < -0.39 is 6.16 Å². The van der Waals surface area contributed by atoms with Crippen molar-refractivity contribution in [3.05, 3.63) is 108 Å². The lowest BCUT2D eigenvalue weighted by molar-refractivity contribution is 0.142. The van der Waals surface area contributed by atoms with Crippen LogP contribution in [0.15, 0.2) is 91.0 Å². The van der Waals surface area contributed by atoms with Crippen LogP contribution in [0.25, 0.3) is 33.8 Å². The first-order valence-electron chi connectivity index (χ1n) is 11.6. The number of benzene rings is 4. The van der Waals surface area contributed by atoms with E-state index in [-0.39, 0.29) is 5.88 Å². The third kappa shape index (κ3) is 5.04. The summed E-state index contributed by atoms with van der Waals surface area (Å²) in [4.78, 5) is 14.5. The van der Waals surface area contributed by atoms with Crippen LogP contribution in [-0.4, -0.2) is 22.9 Å². The lowest BCUT2D eigenvalue weighted by atomic mass is 10.0. The number of para-hydroxylation sites is 1. The second kappa shape index (κ2) is 10.2. The van der Waals surface area contributed by atoms with Crippen LogP contribution in [0.1, 0.15) is 23.1 Å². The largest absolute Gasteiger partial charge is 0.512 e. The fourth-order valence-corrected chi connectivity index (χ4v) is 4.34. The highest BCUT2D eigenvalue weighted by Gasteiger charge is 2.17. The van der Waals surface area contributed by atoms with Gasteiger partial charge in [0.1, 0.15) is 5.75 Å². The average molecular weight is 464 g/mol. The summed E-state index contributed by atoms with van der Waals surface area (Å²) in [6.07, 6.45) is 4.03. The molecule has 0 aliphatic rings. The molecule has 174 valence electrons. The summed E-state index contributed by atoms with van der Waals surface area (Å²) < 4.78 is 11.2. The van der Waals surface area contributed by atoms with E-state index in [1.165, 1.54) is 0 Å². The van der Waals surface area contributed by atoms with Crippen molar-refractivity contribution in [1.82, 2.24) is 4.98 Å². The molecule has 0 amide bonds. The van der Waals surface area contributed by atoms with E-state index in [1.54, 1.807) is 0 Å². The highest BCUT2D eigenvalue weighted by molar-refractivity contribution is 5.94. The van der Waals surface area contributed by atoms with Gasteiger partial charge in [0.25, 0.3) is 0 Å². The van der Waals surface area contributed by atoms with Gasteiger partial charge >= 0.3 is 6.16 Å². The predicted molar refractivity (Wildman–Crippen MR) is 140 cm³/mol.